The van der Waals surface area contributed by atoms with E-state index in [1.165, 1.54) is 116 Å². The van der Waals surface area contributed by atoms with E-state index in [2.05, 4.69) is 23.7 Å². The molecule has 0 aromatic carbocycles. The summed E-state index contributed by atoms with van der Waals surface area (Å²) < 4.78 is 0. The van der Waals surface area contributed by atoms with Gasteiger partial charge < -0.3 is 10.2 Å². The maximum atomic E-state index is 10.3. The Morgan fingerprint density at radius 1 is 0.429 bits per heavy atom. The van der Waals surface area contributed by atoms with Gasteiger partial charge in [0.1, 0.15) is 0 Å². The number of carboxylic acid groups (broad SMARTS) is 2. The maximum absolute atomic E-state index is 10.3. The number of hydrogen-bond donors (Lipinski definition) is 2. The fourth-order valence-electron chi connectivity index (χ4n) is 3.88. The van der Waals surface area contributed by atoms with Crippen LogP contribution in [0.3, 0.4) is 0 Å². The quantitative estimate of drug-likeness (QED) is 0.0848. The molecule has 4 nitrogen and oxygen atoms in total. The zero-order valence-electron chi connectivity index (χ0n) is 24.2. The molecule has 0 aromatic heterocycles. The Kier molecular flexibility index (Phi) is 42.9. The van der Waals surface area contributed by atoms with E-state index in [1.807, 2.05) is 0 Å². The van der Waals surface area contributed by atoms with Gasteiger partial charge in [0.2, 0.25) is 0 Å². The van der Waals surface area contributed by atoms with Crippen molar-refractivity contribution in [1.82, 2.24) is 0 Å². The molecule has 0 saturated heterocycles. The van der Waals surface area contributed by atoms with Crippen molar-refractivity contribution in [2.75, 3.05) is 0 Å². The number of aliphatic carboxylic acids is 2. The summed E-state index contributed by atoms with van der Waals surface area (Å²) in [4.78, 5) is 25.1. The Hall–Kier alpha value is -0.261. The van der Waals surface area contributed by atoms with E-state index in [0.29, 0.717) is 12.8 Å². The Balaban J connectivity index is -0.000000525. The number of hydrogen-bond acceptors (Lipinski definition) is 2. The fourth-order valence-corrected chi connectivity index (χ4v) is 3.88. The average molecular weight is 606 g/mol. The Labute approximate surface area is 230 Å². The van der Waals surface area contributed by atoms with Crippen LogP contribution in [0.1, 0.15) is 168 Å². The summed E-state index contributed by atoms with van der Waals surface area (Å²) in [5.41, 5.74) is 0. The molecule has 0 saturated carbocycles. The van der Waals surface area contributed by atoms with E-state index in [4.69, 9.17) is 10.2 Å². The first-order chi connectivity index (χ1) is 17.0. The summed E-state index contributed by atoms with van der Waals surface area (Å²) in [5, 5.41) is 16.9. The van der Waals surface area contributed by atoms with E-state index in [1.54, 1.807) is 0 Å². The normalized spacial score (nSPS) is 10.2. The van der Waals surface area contributed by atoms with Crippen molar-refractivity contribution in [3.63, 3.8) is 0 Å². The SMILES string of the molecule is CCCCCCCCCCCCCC(=O)O.CCCCCCCCCCCCCC(=O)O.[CH3][Sn][CH3]. The van der Waals surface area contributed by atoms with Crippen LogP contribution in [-0.2, 0) is 9.59 Å². The predicted molar refractivity (Wildman–Crippen MR) is 155 cm³/mol. The summed E-state index contributed by atoms with van der Waals surface area (Å²) in [6, 6.07) is 0. The van der Waals surface area contributed by atoms with Gasteiger partial charge in [-0.1, -0.05) is 142 Å². The van der Waals surface area contributed by atoms with Gasteiger partial charge in [0.25, 0.3) is 0 Å². The van der Waals surface area contributed by atoms with Gasteiger partial charge in [-0.05, 0) is 12.8 Å². The molecular formula is C30H62O4Sn. The van der Waals surface area contributed by atoms with E-state index >= 15 is 0 Å². The molecule has 210 valence electrons. The fraction of sp³-hybridized carbons (Fsp3) is 0.933. The van der Waals surface area contributed by atoms with Gasteiger partial charge in [0.15, 0.2) is 0 Å². The molecule has 0 aromatic rings. The molecule has 0 heterocycles. The molecule has 0 rings (SSSR count). The average Bonchev–Trinajstić information content (AvgIpc) is 2.81. The first-order valence-electron chi connectivity index (χ1n) is 15.0. The van der Waals surface area contributed by atoms with E-state index in [9.17, 15) is 9.59 Å². The van der Waals surface area contributed by atoms with Crippen LogP contribution in [0.5, 0.6) is 0 Å². The van der Waals surface area contributed by atoms with Crippen molar-refractivity contribution in [1.29, 1.82) is 0 Å². The third-order valence-electron chi connectivity index (χ3n) is 5.99. The zero-order chi connectivity index (χ0) is 26.8. The van der Waals surface area contributed by atoms with Crippen molar-refractivity contribution in [2.45, 2.75) is 178 Å². The van der Waals surface area contributed by atoms with Crippen molar-refractivity contribution >= 4 is 33.1 Å². The molecule has 0 atom stereocenters. The summed E-state index contributed by atoms with van der Waals surface area (Å²) in [6.45, 7) is 4.49. The third kappa shape index (κ3) is 51.3. The van der Waals surface area contributed by atoms with Gasteiger partial charge in [-0.2, -0.15) is 0 Å². The van der Waals surface area contributed by atoms with Gasteiger partial charge in [0.05, 0.1) is 0 Å². The molecule has 0 aliphatic rings. The molecule has 2 radical (unpaired) electrons. The Bertz CT molecular complexity index is 366. The van der Waals surface area contributed by atoms with Crippen molar-refractivity contribution in [3.05, 3.63) is 0 Å². The Morgan fingerprint density at radius 3 is 0.771 bits per heavy atom. The van der Waals surface area contributed by atoms with Gasteiger partial charge >= 0.3 is 43.0 Å². The van der Waals surface area contributed by atoms with Crippen molar-refractivity contribution in [2.24, 2.45) is 0 Å². The van der Waals surface area contributed by atoms with Crippen LogP contribution < -0.4 is 0 Å². The second-order valence-electron chi connectivity index (χ2n) is 9.86. The monoisotopic (exact) mass is 606 g/mol. The number of unbranched alkanes of at least 4 members (excludes halogenated alkanes) is 20. The summed E-state index contributed by atoms with van der Waals surface area (Å²) >= 11 is 0.230. The molecule has 0 aliphatic carbocycles. The molecule has 0 spiro atoms. The first kappa shape index (κ1) is 39.3. The minimum absolute atomic E-state index is 0.230. The second-order valence-corrected chi connectivity index (χ2v) is 12.7. The molecule has 0 bridgehead atoms. The molecule has 2 N–H and O–H groups in total. The number of carboxylic acids is 2. The Morgan fingerprint density at radius 2 is 0.600 bits per heavy atom. The van der Waals surface area contributed by atoms with Crippen LogP contribution in [0.2, 0.25) is 9.88 Å². The summed E-state index contributed by atoms with van der Waals surface area (Å²) in [7, 11) is 0. The number of carbonyl (C=O) groups is 2. The predicted octanol–water partition coefficient (Wildman–Crippen LogP) is 10.3. The van der Waals surface area contributed by atoms with Gasteiger partial charge in [0, 0.05) is 12.8 Å². The van der Waals surface area contributed by atoms with Crippen LogP contribution in [-0.4, -0.2) is 43.3 Å². The van der Waals surface area contributed by atoms with E-state index < -0.39 is 11.9 Å². The van der Waals surface area contributed by atoms with E-state index in [-0.39, 0.29) is 21.1 Å². The minimum atomic E-state index is -0.657. The summed E-state index contributed by atoms with van der Waals surface area (Å²) in [6.07, 6.45) is 28.7. The van der Waals surface area contributed by atoms with Gasteiger partial charge in [-0.25, -0.2) is 0 Å². The molecule has 0 fully saturated rings. The molecular weight excluding hydrogens is 543 g/mol. The van der Waals surface area contributed by atoms with Crippen molar-refractivity contribution < 1.29 is 19.8 Å². The summed E-state index contributed by atoms with van der Waals surface area (Å²) in [5.74, 6) is -1.31. The van der Waals surface area contributed by atoms with Crippen LogP contribution in [0.25, 0.3) is 0 Å². The number of rotatable bonds is 24. The topological polar surface area (TPSA) is 74.6 Å². The second kappa shape index (κ2) is 38.3. The van der Waals surface area contributed by atoms with Crippen LogP contribution >= 0.6 is 0 Å². The molecule has 0 amide bonds. The molecule has 35 heavy (non-hydrogen) atoms. The standard InChI is InChI=1S/2C14H28O2.2CH3.Sn/c2*1-2-3-4-5-6-7-8-9-10-11-12-13-14(15)16;;;/h2*2-13H2,1H3,(H,15,16);2*1H3;. The van der Waals surface area contributed by atoms with Gasteiger partial charge in [-0.15, -0.1) is 0 Å². The van der Waals surface area contributed by atoms with E-state index in [0.717, 1.165) is 25.7 Å². The van der Waals surface area contributed by atoms with Crippen molar-refractivity contribution in [3.8, 4) is 0 Å². The van der Waals surface area contributed by atoms with Gasteiger partial charge in [-0.3, -0.25) is 9.59 Å². The molecule has 0 unspecified atom stereocenters. The first-order valence-corrected chi connectivity index (χ1v) is 20.7. The van der Waals surface area contributed by atoms with Crippen LogP contribution in [0.15, 0.2) is 0 Å². The molecule has 0 aliphatic heterocycles. The third-order valence-corrected chi connectivity index (χ3v) is 5.99. The molecule has 5 heteroatoms. The van der Waals surface area contributed by atoms with Crippen LogP contribution in [0.4, 0.5) is 0 Å². The zero-order valence-corrected chi connectivity index (χ0v) is 27.0. The van der Waals surface area contributed by atoms with Crippen LogP contribution in [0, 0.1) is 0 Å².